The van der Waals surface area contributed by atoms with Crippen molar-refractivity contribution in [2.24, 2.45) is 0 Å². The summed E-state index contributed by atoms with van der Waals surface area (Å²) in [7, 11) is -3.85. The molecule has 0 amide bonds. The number of halogens is 1. The lowest BCUT2D eigenvalue weighted by Gasteiger charge is -2.08. The van der Waals surface area contributed by atoms with Gasteiger partial charge in [0.15, 0.2) is 0 Å². The summed E-state index contributed by atoms with van der Waals surface area (Å²) in [5.74, 6) is -0.0385. The van der Waals surface area contributed by atoms with E-state index in [1.54, 1.807) is 0 Å². The molecule has 0 spiro atoms. The highest BCUT2D eigenvalue weighted by molar-refractivity contribution is 7.92. The van der Waals surface area contributed by atoms with E-state index in [1.165, 1.54) is 24.4 Å². The van der Waals surface area contributed by atoms with E-state index in [2.05, 4.69) is 19.7 Å². The summed E-state index contributed by atoms with van der Waals surface area (Å²) in [6.07, 6.45) is 2.54. The molecule has 0 aliphatic carbocycles. The fourth-order valence-corrected chi connectivity index (χ4v) is 2.44. The highest BCUT2D eigenvalue weighted by Crippen LogP contribution is 2.18. The highest BCUT2D eigenvalue weighted by atomic mass is 35.5. The maximum absolute atomic E-state index is 12.0. The molecule has 2 heterocycles. The predicted octanol–water partition coefficient (Wildman–Crippen LogP) is 0.908. The third-order valence-corrected chi connectivity index (χ3v) is 3.57. The first-order chi connectivity index (χ1) is 8.49. The van der Waals surface area contributed by atoms with Gasteiger partial charge >= 0.3 is 0 Å². The molecular formula is C9H8ClN5O2S. The average Bonchev–Trinajstić information content (AvgIpc) is 2.28. The van der Waals surface area contributed by atoms with Gasteiger partial charge in [0.25, 0.3) is 10.0 Å². The Morgan fingerprint density at radius 2 is 2.06 bits per heavy atom. The molecule has 0 saturated heterocycles. The summed E-state index contributed by atoms with van der Waals surface area (Å²) in [5.41, 5.74) is 5.50. The van der Waals surface area contributed by atoms with Gasteiger partial charge in [0.1, 0.15) is 28.0 Å². The largest absolute Gasteiger partial charge is 0.383 e. The molecule has 0 aliphatic heterocycles. The molecule has 0 aliphatic rings. The van der Waals surface area contributed by atoms with Crippen molar-refractivity contribution in [3.05, 3.63) is 35.9 Å². The van der Waals surface area contributed by atoms with E-state index in [9.17, 15) is 8.42 Å². The van der Waals surface area contributed by atoms with Crippen LogP contribution in [0.5, 0.6) is 0 Å². The number of rotatable bonds is 3. The third kappa shape index (κ3) is 2.66. The summed E-state index contributed by atoms with van der Waals surface area (Å²) in [6.45, 7) is 0. The van der Waals surface area contributed by atoms with Crippen LogP contribution in [0, 0.1) is 0 Å². The van der Waals surface area contributed by atoms with Crippen LogP contribution in [-0.4, -0.2) is 23.4 Å². The summed E-state index contributed by atoms with van der Waals surface area (Å²) >= 11 is 5.63. The van der Waals surface area contributed by atoms with Crippen molar-refractivity contribution in [2.75, 3.05) is 10.5 Å². The minimum Gasteiger partial charge on any atom is -0.383 e. The van der Waals surface area contributed by atoms with E-state index < -0.39 is 10.0 Å². The second-order valence-corrected chi connectivity index (χ2v) is 5.26. The number of aromatic nitrogens is 3. The van der Waals surface area contributed by atoms with Crippen LogP contribution in [0.4, 0.5) is 11.6 Å². The van der Waals surface area contributed by atoms with Gasteiger partial charge in [0, 0.05) is 12.3 Å². The van der Waals surface area contributed by atoms with Gasteiger partial charge < -0.3 is 5.73 Å². The Morgan fingerprint density at radius 3 is 2.72 bits per heavy atom. The lowest BCUT2D eigenvalue weighted by atomic mass is 10.5. The topological polar surface area (TPSA) is 111 Å². The molecule has 7 nitrogen and oxygen atoms in total. The Balaban J connectivity index is 2.37. The molecule has 0 aromatic carbocycles. The molecule has 0 unspecified atom stereocenters. The number of hydrogen-bond acceptors (Lipinski definition) is 6. The van der Waals surface area contributed by atoms with Crippen molar-refractivity contribution in [1.29, 1.82) is 0 Å². The van der Waals surface area contributed by atoms with Crippen LogP contribution >= 0.6 is 11.6 Å². The van der Waals surface area contributed by atoms with Gasteiger partial charge in [-0.25, -0.2) is 23.4 Å². The highest BCUT2D eigenvalue weighted by Gasteiger charge is 2.18. The molecule has 2 rings (SSSR count). The van der Waals surface area contributed by atoms with E-state index in [0.717, 1.165) is 6.33 Å². The Morgan fingerprint density at radius 1 is 1.28 bits per heavy atom. The Bertz CT molecular complexity index is 676. The smallest absolute Gasteiger partial charge is 0.266 e. The standard InChI is InChI=1S/C9H8ClN5O2S/c10-7-4-8(14-5-13-7)15-18(16,17)6-2-1-3-12-9(6)11/h1-5H,(H2,11,12)(H,13,14,15). The van der Waals surface area contributed by atoms with Crippen molar-refractivity contribution in [3.63, 3.8) is 0 Å². The van der Waals surface area contributed by atoms with Gasteiger partial charge in [-0.15, -0.1) is 0 Å². The average molecular weight is 286 g/mol. The SMILES string of the molecule is Nc1ncccc1S(=O)(=O)Nc1cc(Cl)ncn1. The summed E-state index contributed by atoms with van der Waals surface area (Å²) in [5, 5.41) is 0.127. The molecule has 3 N–H and O–H groups in total. The van der Waals surface area contributed by atoms with Gasteiger partial charge in [0.05, 0.1) is 0 Å². The normalized spacial score (nSPS) is 11.2. The molecule has 0 radical (unpaired) electrons. The molecule has 9 heteroatoms. The van der Waals surface area contributed by atoms with Gasteiger partial charge in [-0.1, -0.05) is 11.6 Å². The van der Waals surface area contributed by atoms with Crippen LogP contribution in [0.3, 0.4) is 0 Å². The zero-order valence-corrected chi connectivity index (χ0v) is 10.5. The van der Waals surface area contributed by atoms with Crippen LogP contribution in [-0.2, 0) is 10.0 Å². The second kappa shape index (κ2) is 4.75. The van der Waals surface area contributed by atoms with Gasteiger partial charge in [-0.2, -0.15) is 0 Å². The van der Waals surface area contributed by atoms with E-state index in [-0.39, 0.29) is 21.7 Å². The first-order valence-corrected chi connectivity index (χ1v) is 6.56. The fraction of sp³-hybridized carbons (Fsp3) is 0. The van der Waals surface area contributed by atoms with Crippen LogP contribution in [0.2, 0.25) is 5.15 Å². The van der Waals surface area contributed by atoms with E-state index in [0.29, 0.717) is 0 Å². The summed E-state index contributed by atoms with van der Waals surface area (Å²) < 4.78 is 26.2. The Hall–Kier alpha value is -1.93. The molecule has 0 bridgehead atoms. The number of nitrogens with zero attached hydrogens (tertiary/aromatic N) is 3. The number of sulfonamides is 1. The lowest BCUT2D eigenvalue weighted by Crippen LogP contribution is -2.16. The first kappa shape index (κ1) is 12.5. The van der Waals surface area contributed by atoms with Crippen LogP contribution in [0.15, 0.2) is 35.6 Å². The molecule has 0 saturated carbocycles. The zero-order chi connectivity index (χ0) is 13.2. The van der Waals surface area contributed by atoms with Crippen molar-refractivity contribution < 1.29 is 8.42 Å². The molecule has 2 aromatic rings. The van der Waals surface area contributed by atoms with E-state index >= 15 is 0 Å². The summed E-state index contributed by atoms with van der Waals surface area (Å²) in [6, 6.07) is 4.09. The monoisotopic (exact) mass is 285 g/mol. The minimum atomic E-state index is -3.85. The van der Waals surface area contributed by atoms with Crippen molar-refractivity contribution in [3.8, 4) is 0 Å². The Kier molecular flexibility index (Phi) is 3.30. The van der Waals surface area contributed by atoms with Crippen LogP contribution in [0.1, 0.15) is 0 Å². The van der Waals surface area contributed by atoms with Crippen LogP contribution < -0.4 is 10.5 Å². The van der Waals surface area contributed by atoms with Crippen LogP contribution in [0.25, 0.3) is 0 Å². The van der Waals surface area contributed by atoms with Crippen molar-refractivity contribution in [2.45, 2.75) is 4.90 Å². The zero-order valence-electron chi connectivity index (χ0n) is 8.91. The van der Waals surface area contributed by atoms with E-state index in [1.807, 2.05) is 0 Å². The third-order valence-electron chi connectivity index (χ3n) is 1.96. The van der Waals surface area contributed by atoms with Gasteiger partial charge in [0.2, 0.25) is 0 Å². The number of anilines is 2. The maximum atomic E-state index is 12.0. The number of nitrogen functional groups attached to an aromatic ring is 1. The maximum Gasteiger partial charge on any atom is 0.266 e. The lowest BCUT2D eigenvalue weighted by molar-refractivity contribution is 0.601. The number of hydrogen-bond donors (Lipinski definition) is 2. The molecule has 2 aromatic heterocycles. The quantitative estimate of drug-likeness (QED) is 0.811. The number of nitrogens with two attached hydrogens (primary N) is 1. The molecule has 94 valence electrons. The van der Waals surface area contributed by atoms with Gasteiger partial charge in [-0.3, -0.25) is 4.72 Å². The van der Waals surface area contributed by atoms with Crippen molar-refractivity contribution in [1.82, 2.24) is 15.0 Å². The summed E-state index contributed by atoms with van der Waals surface area (Å²) in [4.78, 5) is 11.0. The molecular weight excluding hydrogens is 278 g/mol. The van der Waals surface area contributed by atoms with Crippen molar-refractivity contribution >= 4 is 33.3 Å². The number of nitrogens with one attached hydrogen (secondary N) is 1. The second-order valence-electron chi connectivity index (χ2n) is 3.22. The molecule has 18 heavy (non-hydrogen) atoms. The van der Waals surface area contributed by atoms with E-state index in [4.69, 9.17) is 17.3 Å². The molecule has 0 fully saturated rings. The Labute approximate surface area is 108 Å². The minimum absolute atomic E-state index is 0.0539. The van der Waals surface area contributed by atoms with Gasteiger partial charge in [-0.05, 0) is 12.1 Å². The fourth-order valence-electron chi connectivity index (χ4n) is 1.21. The first-order valence-electron chi connectivity index (χ1n) is 4.70. The number of pyridine rings is 1. The molecule has 0 atom stereocenters. The predicted molar refractivity (Wildman–Crippen MR) is 66.5 cm³/mol.